The molecule has 1 aliphatic heterocycles. The Bertz CT molecular complexity index is 989. The molecule has 1 amide bonds. The van der Waals surface area contributed by atoms with E-state index in [1.165, 1.54) is 17.5 Å². The van der Waals surface area contributed by atoms with Gasteiger partial charge in [0.1, 0.15) is 12.0 Å². The predicted octanol–water partition coefficient (Wildman–Crippen LogP) is 1.47. The minimum Gasteiger partial charge on any atom is -0.364 e. The summed E-state index contributed by atoms with van der Waals surface area (Å²) in [6, 6.07) is 9.12. The van der Waals surface area contributed by atoms with Gasteiger partial charge in [0.2, 0.25) is 15.9 Å². The van der Waals surface area contributed by atoms with Crippen LogP contribution in [0.4, 0.5) is 5.69 Å². The SMILES string of the molecule is CN=C(NCc1cccc(NC(C)=O)c1)N1CCN(S(=O)(=O)Cc2ccon2)CC1.I. The molecule has 1 aromatic carbocycles. The van der Waals surface area contributed by atoms with Crippen LogP contribution in [0.5, 0.6) is 0 Å². The van der Waals surface area contributed by atoms with Gasteiger partial charge in [0, 0.05) is 58.4 Å². The van der Waals surface area contributed by atoms with Gasteiger partial charge in [-0.1, -0.05) is 17.3 Å². The molecule has 1 aromatic heterocycles. The molecule has 3 rings (SSSR count). The van der Waals surface area contributed by atoms with E-state index in [1.54, 1.807) is 13.1 Å². The van der Waals surface area contributed by atoms with Crippen molar-refractivity contribution in [1.29, 1.82) is 0 Å². The standard InChI is InChI=1S/C19H26N6O4S.HI/c1-15(26)22-17-5-3-4-16(12-17)13-21-19(20-2)24-7-9-25(10-8-24)30(27,28)14-18-6-11-29-23-18;/h3-6,11-12H,7-10,13-14H2,1-2H3,(H,20,21)(H,22,26);1H. The number of nitrogens with zero attached hydrogens (tertiary/aromatic N) is 4. The molecule has 2 N–H and O–H groups in total. The Hall–Kier alpha value is -2.19. The predicted molar refractivity (Wildman–Crippen MR) is 129 cm³/mol. The summed E-state index contributed by atoms with van der Waals surface area (Å²) in [5.74, 6) is 0.418. The van der Waals surface area contributed by atoms with Gasteiger partial charge >= 0.3 is 0 Å². The molecule has 0 radical (unpaired) electrons. The number of sulfonamides is 1. The lowest BCUT2D eigenvalue weighted by Gasteiger charge is -2.35. The van der Waals surface area contributed by atoms with E-state index in [0.29, 0.717) is 44.4 Å². The van der Waals surface area contributed by atoms with Crippen molar-refractivity contribution >= 4 is 51.6 Å². The molecule has 0 saturated carbocycles. The maximum absolute atomic E-state index is 12.6. The van der Waals surface area contributed by atoms with Gasteiger partial charge in [-0.3, -0.25) is 9.79 Å². The van der Waals surface area contributed by atoms with Crippen molar-refractivity contribution < 1.29 is 17.7 Å². The topological polar surface area (TPSA) is 120 Å². The molecule has 0 atom stereocenters. The first-order valence-corrected chi connectivity index (χ1v) is 11.2. The van der Waals surface area contributed by atoms with Crippen molar-refractivity contribution in [3.05, 3.63) is 47.9 Å². The Morgan fingerprint density at radius 1 is 1.23 bits per heavy atom. The van der Waals surface area contributed by atoms with Gasteiger partial charge in [0.05, 0.1) is 5.69 Å². The number of aliphatic imine (C=N–C) groups is 1. The molecular formula is C19H27IN6O4S. The second-order valence-electron chi connectivity index (χ2n) is 6.92. The summed E-state index contributed by atoms with van der Waals surface area (Å²) in [5.41, 5.74) is 2.13. The fourth-order valence-electron chi connectivity index (χ4n) is 3.24. The zero-order valence-electron chi connectivity index (χ0n) is 17.4. The fourth-order valence-corrected chi connectivity index (χ4v) is 4.67. The maximum Gasteiger partial charge on any atom is 0.221 e. The zero-order chi connectivity index (χ0) is 21.6. The number of anilines is 1. The number of hydrogen-bond acceptors (Lipinski definition) is 6. The van der Waals surface area contributed by atoms with E-state index >= 15 is 0 Å². The number of guanidine groups is 1. The Morgan fingerprint density at radius 2 is 1.97 bits per heavy atom. The molecule has 1 fully saturated rings. The van der Waals surface area contributed by atoms with Crippen LogP contribution in [-0.4, -0.2) is 67.9 Å². The highest BCUT2D eigenvalue weighted by atomic mass is 127. The Morgan fingerprint density at radius 3 is 2.58 bits per heavy atom. The molecule has 2 aromatic rings. The van der Waals surface area contributed by atoms with Crippen molar-refractivity contribution in [2.24, 2.45) is 4.99 Å². The van der Waals surface area contributed by atoms with Crippen molar-refractivity contribution in [3.8, 4) is 0 Å². The van der Waals surface area contributed by atoms with Gasteiger partial charge in [-0.05, 0) is 17.7 Å². The molecule has 10 nitrogen and oxygen atoms in total. The normalized spacial score (nSPS) is 15.3. The molecular weight excluding hydrogens is 535 g/mol. The van der Waals surface area contributed by atoms with Gasteiger partial charge in [-0.15, -0.1) is 24.0 Å². The quantitative estimate of drug-likeness (QED) is 0.311. The number of carbonyl (C=O) groups is 1. The Labute approximate surface area is 199 Å². The monoisotopic (exact) mass is 562 g/mol. The van der Waals surface area contributed by atoms with Crippen LogP contribution in [0.3, 0.4) is 0 Å². The van der Waals surface area contributed by atoms with Crippen molar-refractivity contribution in [3.63, 3.8) is 0 Å². The van der Waals surface area contributed by atoms with Crippen LogP contribution in [0.2, 0.25) is 0 Å². The third kappa shape index (κ3) is 7.18. The van der Waals surface area contributed by atoms with Gasteiger partial charge in [-0.2, -0.15) is 4.31 Å². The van der Waals surface area contributed by atoms with Crippen LogP contribution >= 0.6 is 24.0 Å². The Balaban J connectivity index is 0.00000341. The smallest absolute Gasteiger partial charge is 0.221 e. The third-order valence-corrected chi connectivity index (χ3v) is 6.48. The van der Waals surface area contributed by atoms with Crippen LogP contribution in [0.1, 0.15) is 18.2 Å². The summed E-state index contributed by atoms with van der Waals surface area (Å²) >= 11 is 0. The molecule has 0 unspecified atom stereocenters. The lowest BCUT2D eigenvalue weighted by molar-refractivity contribution is -0.114. The van der Waals surface area contributed by atoms with E-state index < -0.39 is 10.0 Å². The summed E-state index contributed by atoms with van der Waals surface area (Å²) in [6.45, 7) is 3.81. The van der Waals surface area contributed by atoms with E-state index in [-0.39, 0.29) is 35.6 Å². The second-order valence-corrected chi connectivity index (χ2v) is 8.88. The number of aromatic nitrogens is 1. The van der Waals surface area contributed by atoms with E-state index in [4.69, 9.17) is 4.52 Å². The number of benzene rings is 1. The third-order valence-electron chi connectivity index (χ3n) is 4.66. The number of carbonyl (C=O) groups excluding carboxylic acids is 1. The minimum absolute atomic E-state index is 0. The summed E-state index contributed by atoms with van der Waals surface area (Å²) < 4.78 is 31.3. The molecule has 0 aliphatic carbocycles. The molecule has 1 saturated heterocycles. The molecule has 0 bridgehead atoms. The first kappa shape index (κ1) is 25.1. The van der Waals surface area contributed by atoms with Gasteiger partial charge < -0.3 is 20.1 Å². The van der Waals surface area contributed by atoms with Crippen molar-refractivity contribution in [1.82, 2.24) is 19.7 Å². The van der Waals surface area contributed by atoms with Gasteiger partial charge in [-0.25, -0.2) is 8.42 Å². The first-order chi connectivity index (χ1) is 14.4. The molecule has 170 valence electrons. The van der Waals surface area contributed by atoms with E-state index in [9.17, 15) is 13.2 Å². The van der Waals surface area contributed by atoms with Crippen LogP contribution < -0.4 is 10.6 Å². The summed E-state index contributed by atoms with van der Waals surface area (Å²) in [6.07, 6.45) is 1.37. The van der Waals surface area contributed by atoms with Crippen LogP contribution in [-0.2, 0) is 27.1 Å². The van der Waals surface area contributed by atoms with E-state index in [1.807, 2.05) is 29.2 Å². The number of rotatable bonds is 6. The van der Waals surface area contributed by atoms with E-state index in [0.717, 1.165) is 11.3 Å². The van der Waals surface area contributed by atoms with Crippen LogP contribution in [0, 0.1) is 0 Å². The lowest BCUT2D eigenvalue weighted by atomic mass is 10.2. The fraction of sp³-hybridized carbons (Fsp3) is 0.421. The van der Waals surface area contributed by atoms with Crippen molar-refractivity contribution in [2.75, 3.05) is 38.5 Å². The largest absolute Gasteiger partial charge is 0.364 e. The molecule has 31 heavy (non-hydrogen) atoms. The van der Waals surface area contributed by atoms with Crippen molar-refractivity contribution in [2.45, 2.75) is 19.2 Å². The number of nitrogens with one attached hydrogen (secondary N) is 2. The highest BCUT2D eigenvalue weighted by Crippen LogP contribution is 2.14. The summed E-state index contributed by atoms with van der Waals surface area (Å²) in [5, 5.41) is 9.75. The summed E-state index contributed by atoms with van der Waals surface area (Å²) in [4.78, 5) is 17.6. The number of halogens is 1. The number of piperazine rings is 1. The molecule has 1 aliphatic rings. The van der Waals surface area contributed by atoms with Crippen LogP contribution in [0.15, 0.2) is 46.1 Å². The minimum atomic E-state index is -3.44. The second kappa shape index (κ2) is 11.4. The van der Waals surface area contributed by atoms with Gasteiger partial charge in [0.15, 0.2) is 5.96 Å². The van der Waals surface area contributed by atoms with E-state index in [2.05, 4.69) is 20.8 Å². The maximum atomic E-state index is 12.6. The lowest BCUT2D eigenvalue weighted by Crippen LogP contribution is -2.53. The van der Waals surface area contributed by atoms with Gasteiger partial charge in [0.25, 0.3) is 0 Å². The highest BCUT2D eigenvalue weighted by molar-refractivity contribution is 14.0. The first-order valence-electron chi connectivity index (χ1n) is 9.56. The summed E-state index contributed by atoms with van der Waals surface area (Å²) in [7, 11) is -1.74. The molecule has 2 heterocycles. The molecule has 12 heteroatoms. The zero-order valence-corrected chi connectivity index (χ0v) is 20.6. The Kier molecular flexibility index (Phi) is 9.25. The van der Waals surface area contributed by atoms with Crippen LogP contribution in [0.25, 0.3) is 0 Å². The average Bonchev–Trinajstić information content (AvgIpc) is 3.21. The number of hydrogen-bond donors (Lipinski definition) is 2. The highest BCUT2D eigenvalue weighted by Gasteiger charge is 2.28. The number of amides is 1. The average molecular weight is 562 g/mol. The molecule has 0 spiro atoms.